The summed E-state index contributed by atoms with van der Waals surface area (Å²) in [7, 11) is 0. The molecular formula is C6H12O3. The molecular weight excluding hydrogens is 120 g/mol. The van der Waals surface area contributed by atoms with Gasteiger partial charge in [0.05, 0.1) is 12.7 Å². The summed E-state index contributed by atoms with van der Waals surface area (Å²) in [4.78, 5) is 0. The van der Waals surface area contributed by atoms with Gasteiger partial charge >= 0.3 is 0 Å². The maximum absolute atomic E-state index is 9.11. The fourth-order valence-corrected chi connectivity index (χ4v) is 0.914. The molecule has 1 fully saturated rings. The first-order valence-corrected chi connectivity index (χ1v) is 3.19. The third-order valence-corrected chi connectivity index (χ3v) is 1.76. The Labute approximate surface area is 54.3 Å². The van der Waals surface area contributed by atoms with Gasteiger partial charge in [0.25, 0.3) is 0 Å². The Morgan fingerprint density at radius 1 is 1.44 bits per heavy atom. The quantitative estimate of drug-likeness (QED) is 0.476. The molecule has 9 heavy (non-hydrogen) atoms. The van der Waals surface area contributed by atoms with Gasteiger partial charge in [0, 0.05) is 5.92 Å². The van der Waals surface area contributed by atoms with Crippen LogP contribution in [0.1, 0.15) is 13.3 Å². The van der Waals surface area contributed by atoms with Gasteiger partial charge in [-0.05, 0) is 6.42 Å². The molecule has 0 amide bonds. The Kier molecular flexibility index (Phi) is 2.05. The van der Waals surface area contributed by atoms with Gasteiger partial charge in [-0.1, -0.05) is 6.92 Å². The highest BCUT2D eigenvalue weighted by atomic mass is 16.6. The number of aliphatic hydroxyl groups excluding tert-OH is 2. The molecule has 3 atom stereocenters. The second-order valence-corrected chi connectivity index (χ2v) is 2.48. The summed E-state index contributed by atoms with van der Waals surface area (Å²) in [6, 6.07) is 0. The molecule has 1 saturated heterocycles. The van der Waals surface area contributed by atoms with E-state index in [0.29, 0.717) is 13.0 Å². The van der Waals surface area contributed by atoms with Crippen LogP contribution in [-0.2, 0) is 4.74 Å². The fourth-order valence-electron chi connectivity index (χ4n) is 0.914. The zero-order chi connectivity index (χ0) is 6.85. The topological polar surface area (TPSA) is 49.7 Å². The van der Waals surface area contributed by atoms with E-state index in [-0.39, 0.29) is 5.92 Å². The minimum atomic E-state index is -0.770. The van der Waals surface area contributed by atoms with E-state index < -0.39 is 12.4 Å². The van der Waals surface area contributed by atoms with Gasteiger partial charge in [-0.15, -0.1) is 0 Å². The zero-order valence-corrected chi connectivity index (χ0v) is 5.45. The molecule has 0 aliphatic carbocycles. The SMILES string of the molecule is C[C@@H]1C(O)CCO[C@H]1O. The van der Waals surface area contributed by atoms with Crippen LogP contribution in [0.2, 0.25) is 0 Å². The summed E-state index contributed by atoms with van der Waals surface area (Å²) in [5.74, 6) is -0.140. The van der Waals surface area contributed by atoms with Crippen molar-refractivity contribution >= 4 is 0 Å². The van der Waals surface area contributed by atoms with Crippen LogP contribution in [-0.4, -0.2) is 29.2 Å². The van der Waals surface area contributed by atoms with Crippen LogP contribution in [0.4, 0.5) is 0 Å². The average Bonchev–Trinajstić information content (AvgIpc) is 1.83. The lowest BCUT2D eigenvalue weighted by atomic mass is 10.00. The van der Waals surface area contributed by atoms with Crippen molar-refractivity contribution in [3.63, 3.8) is 0 Å². The summed E-state index contributed by atoms with van der Waals surface area (Å²) >= 11 is 0. The van der Waals surface area contributed by atoms with E-state index >= 15 is 0 Å². The molecule has 0 radical (unpaired) electrons. The highest BCUT2D eigenvalue weighted by molar-refractivity contribution is 4.70. The molecule has 1 rings (SSSR count). The van der Waals surface area contributed by atoms with Crippen LogP contribution in [0.15, 0.2) is 0 Å². The summed E-state index contributed by atoms with van der Waals surface area (Å²) in [6.07, 6.45) is -0.527. The van der Waals surface area contributed by atoms with Gasteiger partial charge in [0.1, 0.15) is 0 Å². The second kappa shape index (κ2) is 2.64. The predicted octanol–water partition coefficient (Wildman–Crippen LogP) is -0.278. The number of ether oxygens (including phenoxy) is 1. The van der Waals surface area contributed by atoms with Crippen molar-refractivity contribution in [3.05, 3.63) is 0 Å². The maximum atomic E-state index is 9.11. The third kappa shape index (κ3) is 1.41. The molecule has 0 aromatic carbocycles. The van der Waals surface area contributed by atoms with Crippen molar-refractivity contribution in [1.82, 2.24) is 0 Å². The molecule has 0 saturated carbocycles. The van der Waals surface area contributed by atoms with Gasteiger partial charge in [0.15, 0.2) is 6.29 Å². The van der Waals surface area contributed by atoms with E-state index in [1.54, 1.807) is 6.92 Å². The van der Waals surface area contributed by atoms with Crippen molar-refractivity contribution in [3.8, 4) is 0 Å². The lowest BCUT2D eigenvalue weighted by Crippen LogP contribution is -2.37. The first-order valence-electron chi connectivity index (χ1n) is 3.19. The second-order valence-electron chi connectivity index (χ2n) is 2.48. The number of rotatable bonds is 0. The van der Waals surface area contributed by atoms with Gasteiger partial charge in [-0.25, -0.2) is 0 Å². The minimum Gasteiger partial charge on any atom is -0.393 e. The van der Waals surface area contributed by atoms with Gasteiger partial charge < -0.3 is 14.9 Å². The molecule has 2 N–H and O–H groups in total. The van der Waals surface area contributed by atoms with Crippen molar-refractivity contribution < 1.29 is 14.9 Å². The van der Waals surface area contributed by atoms with Crippen LogP contribution in [0.25, 0.3) is 0 Å². The van der Waals surface area contributed by atoms with E-state index in [2.05, 4.69) is 0 Å². The Bertz CT molecular complexity index is 84.3. The van der Waals surface area contributed by atoms with Gasteiger partial charge in [-0.3, -0.25) is 0 Å². The normalized spacial score (nSPS) is 45.0. The van der Waals surface area contributed by atoms with E-state index in [0.717, 1.165) is 0 Å². The monoisotopic (exact) mass is 132 g/mol. The lowest BCUT2D eigenvalue weighted by molar-refractivity contribution is -0.187. The van der Waals surface area contributed by atoms with E-state index in [4.69, 9.17) is 14.9 Å². The van der Waals surface area contributed by atoms with Crippen LogP contribution in [0.5, 0.6) is 0 Å². The molecule has 3 heteroatoms. The first-order chi connectivity index (χ1) is 4.22. The molecule has 1 heterocycles. The Balaban J connectivity index is 2.41. The van der Waals surface area contributed by atoms with Crippen LogP contribution < -0.4 is 0 Å². The summed E-state index contributed by atoms with van der Waals surface area (Å²) in [5, 5.41) is 18.1. The molecule has 0 aromatic heterocycles. The van der Waals surface area contributed by atoms with Crippen molar-refractivity contribution in [1.29, 1.82) is 0 Å². The van der Waals surface area contributed by atoms with Crippen LogP contribution in [0, 0.1) is 5.92 Å². The highest BCUT2D eigenvalue weighted by Crippen LogP contribution is 2.18. The van der Waals surface area contributed by atoms with E-state index in [1.165, 1.54) is 0 Å². The Morgan fingerprint density at radius 3 is 2.56 bits per heavy atom. The molecule has 0 bridgehead atoms. The number of hydrogen-bond acceptors (Lipinski definition) is 3. The molecule has 3 nitrogen and oxygen atoms in total. The van der Waals surface area contributed by atoms with Gasteiger partial charge in [0.2, 0.25) is 0 Å². The molecule has 54 valence electrons. The summed E-state index contributed by atoms with van der Waals surface area (Å²) in [6.45, 7) is 2.24. The Hall–Kier alpha value is -0.120. The molecule has 0 aromatic rings. The standard InChI is InChI=1S/C6H12O3/c1-4-5(7)2-3-9-6(4)8/h4-8H,2-3H2,1H3/t4-,5?,6-/m1/s1. The molecule has 1 aliphatic heterocycles. The largest absolute Gasteiger partial charge is 0.393 e. The van der Waals surface area contributed by atoms with Crippen molar-refractivity contribution in [2.24, 2.45) is 5.92 Å². The molecule has 1 unspecified atom stereocenters. The van der Waals surface area contributed by atoms with Crippen molar-refractivity contribution in [2.75, 3.05) is 6.61 Å². The lowest BCUT2D eigenvalue weighted by Gasteiger charge is -2.29. The zero-order valence-electron chi connectivity index (χ0n) is 5.45. The number of aliphatic hydroxyl groups is 2. The summed E-state index contributed by atoms with van der Waals surface area (Å²) in [5.41, 5.74) is 0. The van der Waals surface area contributed by atoms with E-state index in [9.17, 15) is 0 Å². The molecule has 1 aliphatic rings. The van der Waals surface area contributed by atoms with Crippen LogP contribution >= 0.6 is 0 Å². The average molecular weight is 132 g/mol. The third-order valence-electron chi connectivity index (χ3n) is 1.76. The predicted molar refractivity (Wildman–Crippen MR) is 31.7 cm³/mol. The maximum Gasteiger partial charge on any atom is 0.159 e. The first kappa shape index (κ1) is 6.99. The van der Waals surface area contributed by atoms with E-state index in [1.807, 2.05) is 0 Å². The fraction of sp³-hybridized carbons (Fsp3) is 1.00. The minimum absolute atomic E-state index is 0.140. The van der Waals surface area contributed by atoms with Crippen LogP contribution in [0.3, 0.4) is 0 Å². The van der Waals surface area contributed by atoms with Crippen molar-refractivity contribution in [2.45, 2.75) is 25.7 Å². The Morgan fingerprint density at radius 2 is 2.11 bits per heavy atom. The number of hydrogen-bond donors (Lipinski definition) is 2. The highest BCUT2D eigenvalue weighted by Gasteiger charge is 2.27. The van der Waals surface area contributed by atoms with Gasteiger partial charge in [-0.2, -0.15) is 0 Å². The molecule has 0 spiro atoms. The summed E-state index contributed by atoms with van der Waals surface area (Å²) < 4.78 is 4.86. The smallest absolute Gasteiger partial charge is 0.159 e.